The summed E-state index contributed by atoms with van der Waals surface area (Å²) in [6, 6.07) is 7.68. The second-order valence-corrected chi connectivity index (χ2v) is 10.1. The maximum absolute atomic E-state index is 14.3. The van der Waals surface area contributed by atoms with Crippen LogP contribution in [0.2, 0.25) is 5.02 Å². The van der Waals surface area contributed by atoms with E-state index in [-0.39, 0.29) is 27.0 Å². The van der Waals surface area contributed by atoms with Gasteiger partial charge in [0.25, 0.3) is 0 Å². The lowest BCUT2D eigenvalue weighted by Crippen LogP contribution is -2.24. The summed E-state index contributed by atoms with van der Waals surface area (Å²) in [5, 5.41) is -0.124. The summed E-state index contributed by atoms with van der Waals surface area (Å²) in [5.74, 6) is -0.549. The lowest BCUT2D eigenvalue weighted by molar-refractivity contribution is 0.579. The zero-order chi connectivity index (χ0) is 20.5. The van der Waals surface area contributed by atoms with E-state index < -0.39 is 25.7 Å². The summed E-state index contributed by atoms with van der Waals surface area (Å²) < 4.78 is 66.5. The van der Waals surface area contributed by atoms with Gasteiger partial charge in [-0.3, -0.25) is 0 Å². The van der Waals surface area contributed by atoms with Crippen molar-refractivity contribution in [3.05, 3.63) is 71.5 Å². The Hall–Kier alpha value is -2.27. The molecule has 0 saturated carbocycles. The number of hydrogen-bond acceptors (Lipinski definition) is 5. The quantitative estimate of drug-likeness (QED) is 0.631. The number of rotatable bonds is 6. The van der Waals surface area contributed by atoms with Crippen LogP contribution < -0.4 is 4.72 Å². The molecule has 0 amide bonds. The molecule has 0 spiro atoms. The van der Waals surface area contributed by atoms with Gasteiger partial charge in [0.2, 0.25) is 10.0 Å². The minimum atomic E-state index is -4.12. The summed E-state index contributed by atoms with van der Waals surface area (Å²) >= 11 is 5.93. The Morgan fingerprint density at radius 2 is 1.89 bits per heavy atom. The fourth-order valence-electron chi connectivity index (χ4n) is 2.45. The summed E-state index contributed by atoms with van der Waals surface area (Å²) in [6.07, 6.45) is 5.50. The Morgan fingerprint density at radius 3 is 2.50 bits per heavy atom. The number of imidazole rings is 1. The van der Waals surface area contributed by atoms with Gasteiger partial charge in [0.1, 0.15) is 10.7 Å². The predicted octanol–water partition coefficient (Wildman–Crippen LogP) is 2.55. The number of benzene rings is 2. The molecule has 28 heavy (non-hydrogen) atoms. The monoisotopic (exact) mass is 443 g/mol. The van der Waals surface area contributed by atoms with Crippen molar-refractivity contribution in [2.45, 2.75) is 16.3 Å². The zero-order valence-electron chi connectivity index (χ0n) is 14.5. The van der Waals surface area contributed by atoms with Gasteiger partial charge in [-0.2, -0.15) is 0 Å². The molecule has 11 heteroatoms. The lowest BCUT2D eigenvalue weighted by atomic mass is 10.2. The third-order valence-corrected chi connectivity index (χ3v) is 6.87. The highest BCUT2D eigenvalue weighted by atomic mass is 35.5. The van der Waals surface area contributed by atoms with Gasteiger partial charge in [0.15, 0.2) is 9.84 Å². The van der Waals surface area contributed by atoms with Crippen LogP contribution in [-0.2, 0) is 26.4 Å². The number of aromatic nitrogens is 2. The highest BCUT2D eigenvalue weighted by Gasteiger charge is 2.21. The van der Waals surface area contributed by atoms with Gasteiger partial charge >= 0.3 is 0 Å². The molecule has 0 aliphatic rings. The van der Waals surface area contributed by atoms with Crippen LogP contribution in [0.1, 0.15) is 5.56 Å². The highest BCUT2D eigenvalue weighted by molar-refractivity contribution is 7.91. The molecule has 0 aliphatic heterocycles. The van der Waals surface area contributed by atoms with Crippen molar-refractivity contribution in [2.75, 3.05) is 6.26 Å². The average Bonchev–Trinajstić information content (AvgIpc) is 3.13. The van der Waals surface area contributed by atoms with E-state index in [0.29, 0.717) is 5.56 Å². The second kappa shape index (κ2) is 7.63. The molecule has 7 nitrogen and oxygen atoms in total. The van der Waals surface area contributed by atoms with Crippen LogP contribution in [-0.4, -0.2) is 32.6 Å². The minimum Gasteiger partial charge on any atom is -0.303 e. The highest BCUT2D eigenvalue weighted by Crippen LogP contribution is 2.25. The summed E-state index contributed by atoms with van der Waals surface area (Å²) in [6.45, 7) is -0.205. The standard InChI is InChI=1S/C17H15ClFN3O4S2/c1-27(23,24)13-3-4-14(18)17(9-13)28(25,26)21-10-12-2-5-16(15(19)8-12)22-7-6-20-11-22/h2-9,11,21H,10H2,1H3. The Morgan fingerprint density at radius 1 is 1.14 bits per heavy atom. The van der Waals surface area contributed by atoms with Crippen molar-refractivity contribution >= 4 is 31.5 Å². The van der Waals surface area contributed by atoms with Gasteiger partial charge in [0, 0.05) is 25.2 Å². The lowest BCUT2D eigenvalue weighted by Gasteiger charge is -2.11. The van der Waals surface area contributed by atoms with E-state index in [4.69, 9.17) is 11.6 Å². The van der Waals surface area contributed by atoms with Crippen molar-refractivity contribution in [2.24, 2.45) is 0 Å². The molecule has 1 aromatic heterocycles. The van der Waals surface area contributed by atoms with E-state index in [0.717, 1.165) is 12.3 Å². The number of sulfone groups is 1. The molecule has 0 radical (unpaired) electrons. The Labute approximate surface area is 166 Å². The zero-order valence-corrected chi connectivity index (χ0v) is 16.9. The van der Waals surface area contributed by atoms with E-state index in [2.05, 4.69) is 9.71 Å². The third-order valence-electron chi connectivity index (χ3n) is 3.88. The van der Waals surface area contributed by atoms with E-state index in [9.17, 15) is 21.2 Å². The van der Waals surface area contributed by atoms with Gasteiger partial charge in [0.05, 0.1) is 21.9 Å². The molecule has 0 saturated heterocycles. The number of nitrogens with zero attached hydrogens (tertiary/aromatic N) is 2. The average molecular weight is 444 g/mol. The van der Waals surface area contributed by atoms with Crippen LogP contribution in [0.25, 0.3) is 5.69 Å². The van der Waals surface area contributed by atoms with E-state index in [1.54, 1.807) is 12.3 Å². The largest absolute Gasteiger partial charge is 0.303 e. The first-order valence-corrected chi connectivity index (χ1v) is 11.6. The van der Waals surface area contributed by atoms with E-state index in [1.807, 2.05) is 0 Å². The number of halogens is 2. The van der Waals surface area contributed by atoms with Gasteiger partial charge in [-0.05, 0) is 35.9 Å². The molecule has 1 N–H and O–H groups in total. The normalized spacial score (nSPS) is 12.2. The molecule has 1 heterocycles. The van der Waals surface area contributed by atoms with Gasteiger partial charge in [-0.25, -0.2) is 30.9 Å². The molecule has 148 valence electrons. The topological polar surface area (TPSA) is 98.1 Å². The molecule has 2 aromatic carbocycles. The van der Waals surface area contributed by atoms with Crippen molar-refractivity contribution in [1.82, 2.24) is 14.3 Å². The van der Waals surface area contributed by atoms with Gasteiger partial charge in [-0.15, -0.1) is 0 Å². The molecule has 0 atom stereocenters. The SMILES string of the molecule is CS(=O)(=O)c1ccc(Cl)c(S(=O)(=O)NCc2ccc(-n3ccnc3)c(F)c2)c1. The molecular formula is C17H15ClFN3O4S2. The molecule has 3 rings (SSSR count). The van der Waals surface area contributed by atoms with Crippen LogP contribution >= 0.6 is 11.6 Å². The predicted molar refractivity (Wildman–Crippen MR) is 102 cm³/mol. The molecular weight excluding hydrogens is 429 g/mol. The Balaban J connectivity index is 1.84. The van der Waals surface area contributed by atoms with E-state index in [1.165, 1.54) is 41.4 Å². The van der Waals surface area contributed by atoms with E-state index >= 15 is 0 Å². The van der Waals surface area contributed by atoms with Crippen LogP contribution in [0.15, 0.2) is 64.9 Å². The fourth-order valence-corrected chi connectivity index (χ4v) is 4.71. The molecule has 0 aliphatic carbocycles. The molecule has 0 bridgehead atoms. The smallest absolute Gasteiger partial charge is 0.242 e. The molecule has 0 unspecified atom stereocenters. The first-order valence-electron chi connectivity index (χ1n) is 7.84. The van der Waals surface area contributed by atoms with Crippen LogP contribution in [0, 0.1) is 5.82 Å². The second-order valence-electron chi connectivity index (χ2n) is 5.94. The van der Waals surface area contributed by atoms with Crippen molar-refractivity contribution < 1.29 is 21.2 Å². The molecule has 0 fully saturated rings. The Kier molecular flexibility index (Phi) is 5.57. The fraction of sp³-hybridized carbons (Fsp3) is 0.118. The van der Waals surface area contributed by atoms with Crippen LogP contribution in [0.4, 0.5) is 4.39 Å². The number of hydrogen-bond donors (Lipinski definition) is 1. The molecule has 3 aromatic rings. The van der Waals surface area contributed by atoms with Crippen molar-refractivity contribution in [1.29, 1.82) is 0 Å². The Bertz CT molecular complexity index is 1230. The summed E-state index contributed by atoms with van der Waals surface area (Å²) in [5.41, 5.74) is 0.647. The van der Waals surface area contributed by atoms with Crippen LogP contribution in [0.5, 0.6) is 0 Å². The third kappa shape index (κ3) is 4.41. The van der Waals surface area contributed by atoms with Crippen molar-refractivity contribution in [3.8, 4) is 5.69 Å². The van der Waals surface area contributed by atoms with Gasteiger partial charge in [-0.1, -0.05) is 17.7 Å². The van der Waals surface area contributed by atoms with Crippen LogP contribution in [0.3, 0.4) is 0 Å². The van der Waals surface area contributed by atoms with Gasteiger partial charge < -0.3 is 4.57 Å². The minimum absolute atomic E-state index is 0.124. The maximum atomic E-state index is 14.3. The van der Waals surface area contributed by atoms with Crippen molar-refractivity contribution in [3.63, 3.8) is 0 Å². The number of sulfonamides is 1. The summed E-state index contributed by atoms with van der Waals surface area (Å²) in [4.78, 5) is 3.31. The summed E-state index contributed by atoms with van der Waals surface area (Å²) in [7, 11) is -7.73. The maximum Gasteiger partial charge on any atom is 0.242 e. The first kappa shape index (κ1) is 20.5. The first-order chi connectivity index (χ1) is 13.1. The number of nitrogens with one attached hydrogen (secondary N) is 1.